The summed E-state index contributed by atoms with van der Waals surface area (Å²) in [5.74, 6) is 0.601. The summed E-state index contributed by atoms with van der Waals surface area (Å²) in [6, 6.07) is 6.68. The summed E-state index contributed by atoms with van der Waals surface area (Å²) in [5, 5.41) is 7.99. The van der Waals surface area contributed by atoms with E-state index in [1.807, 2.05) is 6.92 Å². The number of nitrogens with one attached hydrogen (secondary N) is 1. The predicted molar refractivity (Wildman–Crippen MR) is 66.7 cm³/mol. The summed E-state index contributed by atoms with van der Waals surface area (Å²) in [6.07, 6.45) is 0. The highest BCUT2D eigenvalue weighted by Gasteiger charge is 2.19. The van der Waals surface area contributed by atoms with Gasteiger partial charge in [0, 0.05) is 6.07 Å². The van der Waals surface area contributed by atoms with Crippen molar-refractivity contribution in [1.82, 2.24) is 0 Å². The molecule has 0 saturated carbocycles. The van der Waals surface area contributed by atoms with Gasteiger partial charge in [-0.15, -0.1) is 0 Å². The summed E-state index contributed by atoms with van der Waals surface area (Å²) in [7, 11) is -3.55. The van der Waals surface area contributed by atoms with Crippen LogP contribution in [0.3, 0.4) is 0 Å². The summed E-state index contributed by atoms with van der Waals surface area (Å²) >= 11 is 0. The highest BCUT2D eigenvalue weighted by molar-refractivity contribution is 7.93. The Morgan fingerprint density at radius 2 is 2.18 bits per heavy atom. The van der Waals surface area contributed by atoms with Gasteiger partial charge in [0.05, 0.1) is 18.9 Å². The Morgan fingerprint density at radius 1 is 1.47 bits per heavy atom. The molecule has 96 valence electrons. The molecule has 0 fully saturated rings. The van der Waals surface area contributed by atoms with Gasteiger partial charge in [-0.3, -0.25) is 4.72 Å². The first-order chi connectivity index (χ1) is 7.99. The number of anilines is 1. The largest absolute Gasteiger partial charge is 0.494 e. The minimum atomic E-state index is -3.55. The average Bonchev–Trinajstić information content (AvgIpc) is 2.28. The molecule has 5 nitrogen and oxygen atoms in total. The molecule has 0 aliphatic heterocycles. The molecule has 1 atom stereocenters. The summed E-state index contributed by atoms with van der Waals surface area (Å²) in [4.78, 5) is 0. The second-order valence-corrected chi connectivity index (χ2v) is 5.70. The number of hydrogen-bond donors (Lipinski definition) is 2. The van der Waals surface area contributed by atoms with Crippen molar-refractivity contribution < 1.29 is 18.3 Å². The Labute approximate surface area is 101 Å². The first kappa shape index (κ1) is 13.8. The second-order valence-electron chi connectivity index (χ2n) is 3.60. The van der Waals surface area contributed by atoms with Crippen LogP contribution in [0.25, 0.3) is 0 Å². The molecule has 1 unspecified atom stereocenters. The summed E-state index contributed by atoms with van der Waals surface area (Å²) in [5.41, 5.74) is 0.427. The van der Waals surface area contributed by atoms with E-state index >= 15 is 0 Å². The predicted octanol–water partition coefficient (Wildman–Crippen LogP) is 1.21. The number of aliphatic hydroxyl groups is 1. The van der Waals surface area contributed by atoms with E-state index in [2.05, 4.69) is 4.72 Å². The average molecular weight is 259 g/mol. The maximum Gasteiger partial charge on any atom is 0.237 e. The van der Waals surface area contributed by atoms with Crippen molar-refractivity contribution in [1.29, 1.82) is 0 Å². The summed E-state index contributed by atoms with van der Waals surface area (Å²) < 4.78 is 31.0. The molecule has 0 aliphatic rings. The van der Waals surface area contributed by atoms with Crippen molar-refractivity contribution in [3.63, 3.8) is 0 Å². The third kappa shape index (κ3) is 3.90. The molecule has 0 heterocycles. The number of ether oxygens (including phenoxy) is 1. The van der Waals surface area contributed by atoms with Gasteiger partial charge in [-0.25, -0.2) is 8.42 Å². The minimum absolute atomic E-state index is 0.416. The molecule has 0 bridgehead atoms. The van der Waals surface area contributed by atoms with E-state index in [9.17, 15) is 8.42 Å². The number of aliphatic hydroxyl groups excluding tert-OH is 1. The van der Waals surface area contributed by atoms with E-state index in [1.54, 1.807) is 24.3 Å². The molecule has 1 aromatic carbocycles. The molecule has 0 amide bonds. The zero-order valence-electron chi connectivity index (χ0n) is 9.88. The van der Waals surface area contributed by atoms with Crippen LogP contribution in [-0.4, -0.2) is 32.0 Å². The molecule has 0 spiro atoms. The number of hydrogen-bond acceptors (Lipinski definition) is 4. The van der Waals surface area contributed by atoms with Crippen LogP contribution in [-0.2, 0) is 10.0 Å². The van der Waals surface area contributed by atoms with E-state index in [-0.39, 0.29) is 0 Å². The molecule has 0 aromatic heterocycles. The highest BCUT2D eigenvalue weighted by atomic mass is 32.2. The van der Waals surface area contributed by atoms with E-state index in [0.717, 1.165) is 0 Å². The third-order valence-electron chi connectivity index (χ3n) is 2.19. The van der Waals surface area contributed by atoms with Gasteiger partial charge in [0.2, 0.25) is 10.0 Å². The maximum absolute atomic E-state index is 11.7. The van der Waals surface area contributed by atoms with Gasteiger partial charge in [0.15, 0.2) is 0 Å². The van der Waals surface area contributed by atoms with Crippen LogP contribution >= 0.6 is 0 Å². The van der Waals surface area contributed by atoms with Crippen LogP contribution in [0.1, 0.15) is 13.8 Å². The van der Waals surface area contributed by atoms with E-state index in [1.165, 1.54) is 6.92 Å². The quantitative estimate of drug-likeness (QED) is 0.805. The van der Waals surface area contributed by atoms with Gasteiger partial charge in [-0.1, -0.05) is 6.07 Å². The Balaban J connectivity index is 2.84. The molecule has 1 rings (SSSR count). The van der Waals surface area contributed by atoms with E-state index < -0.39 is 21.9 Å². The number of benzene rings is 1. The summed E-state index contributed by atoms with van der Waals surface area (Å²) in [6.45, 7) is 3.39. The Hall–Kier alpha value is -1.27. The van der Waals surface area contributed by atoms with Gasteiger partial charge in [-0.2, -0.15) is 0 Å². The molecule has 0 saturated heterocycles. The van der Waals surface area contributed by atoms with E-state index in [4.69, 9.17) is 9.84 Å². The fraction of sp³-hybridized carbons (Fsp3) is 0.455. The fourth-order valence-electron chi connectivity index (χ4n) is 1.18. The molecule has 0 aliphatic carbocycles. The Bertz CT molecular complexity index is 458. The fourth-order valence-corrected chi connectivity index (χ4v) is 2.03. The maximum atomic E-state index is 11.7. The monoisotopic (exact) mass is 259 g/mol. The third-order valence-corrected chi connectivity index (χ3v) is 3.92. The van der Waals surface area contributed by atoms with Gasteiger partial charge in [0.1, 0.15) is 11.0 Å². The molecular weight excluding hydrogens is 242 g/mol. The van der Waals surface area contributed by atoms with Crippen LogP contribution in [0.5, 0.6) is 5.75 Å². The van der Waals surface area contributed by atoms with Crippen molar-refractivity contribution in [3.8, 4) is 5.75 Å². The van der Waals surface area contributed by atoms with Crippen LogP contribution in [0.4, 0.5) is 5.69 Å². The van der Waals surface area contributed by atoms with Crippen molar-refractivity contribution in [3.05, 3.63) is 24.3 Å². The SMILES string of the molecule is CCOc1cccc(NS(=O)(=O)C(C)CO)c1. The smallest absolute Gasteiger partial charge is 0.237 e. The van der Waals surface area contributed by atoms with Crippen LogP contribution in [0.2, 0.25) is 0 Å². The van der Waals surface area contributed by atoms with Gasteiger partial charge < -0.3 is 9.84 Å². The zero-order chi connectivity index (χ0) is 12.9. The number of sulfonamides is 1. The minimum Gasteiger partial charge on any atom is -0.494 e. The van der Waals surface area contributed by atoms with Crippen molar-refractivity contribution in [2.75, 3.05) is 17.9 Å². The first-order valence-electron chi connectivity index (χ1n) is 5.35. The van der Waals surface area contributed by atoms with Gasteiger partial charge in [-0.05, 0) is 26.0 Å². The van der Waals surface area contributed by atoms with Gasteiger partial charge in [0.25, 0.3) is 0 Å². The molecule has 1 aromatic rings. The van der Waals surface area contributed by atoms with Crippen LogP contribution < -0.4 is 9.46 Å². The standard InChI is InChI=1S/C11H17NO4S/c1-3-16-11-6-4-5-10(7-11)12-17(14,15)9(2)8-13/h4-7,9,12-13H,3,8H2,1-2H3. The second kappa shape index (κ2) is 5.88. The molecule has 6 heteroatoms. The Morgan fingerprint density at radius 3 is 2.76 bits per heavy atom. The normalized spacial score (nSPS) is 13.1. The zero-order valence-corrected chi connectivity index (χ0v) is 10.7. The molecule has 17 heavy (non-hydrogen) atoms. The van der Waals surface area contributed by atoms with Crippen molar-refractivity contribution in [2.45, 2.75) is 19.1 Å². The lowest BCUT2D eigenvalue weighted by atomic mass is 10.3. The van der Waals surface area contributed by atoms with Crippen molar-refractivity contribution >= 4 is 15.7 Å². The Kier molecular flexibility index (Phi) is 4.77. The molecule has 0 radical (unpaired) electrons. The number of rotatable bonds is 6. The van der Waals surface area contributed by atoms with Crippen LogP contribution in [0, 0.1) is 0 Å². The molecular formula is C11H17NO4S. The van der Waals surface area contributed by atoms with Crippen molar-refractivity contribution in [2.24, 2.45) is 0 Å². The lowest BCUT2D eigenvalue weighted by molar-refractivity contribution is 0.296. The lowest BCUT2D eigenvalue weighted by Crippen LogP contribution is -2.28. The van der Waals surface area contributed by atoms with Gasteiger partial charge >= 0.3 is 0 Å². The topological polar surface area (TPSA) is 75.6 Å². The molecule has 2 N–H and O–H groups in total. The van der Waals surface area contributed by atoms with E-state index in [0.29, 0.717) is 18.0 Å². The lowest BCUT2D eigenvalue weighted by Gasteiger charge is -2.13. The highest BCUT2D eigenvalue weighted by Crippen LogP contribution is 2.19. The van der Waals surface area contributed by atoms with Crippen LogP contribution in [0.15, 0.2) is 24.3 Å². The first-order valence-corrected chi connectivity index (χ1v) is 6.89.